The first-order valence-electron chi connectivity index (χ1n) is 3.40. The van der Waals surface area contributed by atoms with E-state index in [0.717, 1.165) is 18.6 Å². The Morgan fingerprint density at radius 1 is 1.67 bits per heavy atom. The van der Waals surface area contributed by atoms with Gasteiger partial charge in [0.25, 0.3) is 0 Å². The standard InChI is InChI=1S/C7H14OS/c1-6(5-9-2)7(8)3-4-7/h6,8H,3-5H2,1-2H3. The van der Waals surface area contributed by atoms with Gasteiger partial charge in [-0.25, -0.2) is 0 Å². The normalized spacial score (nSPS) is 25.7. The number of hydrogen-bond donors (Lipinski definition) is 1. The summed E-state index contributed by atoms with van der Waals surface area (Å²) in [6, 6.07) is 0. The third-order valence-electron chi connectivity index (χ3n) is 2.10. The summed E-state index contributed by atoms with van der Waals surface area (Å²) < 4.78 is 0. The van der Waals surface area contributed by atoms with E-state index in [-0.39, 0.29) is 5.60 Å². The van der Waals surface area contributed by atoms with E-state index in [1.54, 1.807) is 0 Å². The third-order valence-corrected chi connectivity index (χ3v) is 2.93. The van der Waals surface area contributed by atoms with Crippen molar-refractivity contribution in [3.05, 3.63) is 0 Å². The molecule has 0 aromatic rings. The average molecular weight is 146 g/mol. The molecule has 1 N–H and O–H groups in total. The van der Waals surface area contributed by atoms with E-state index in [9.17, 15) is 5.11 Å². The van der Waals surface area contributed by atoms with Crippen molar-refractivity contribution in [3.8, 4) is 0 Å². The fraction of sp³-hybridized carbons (Fsp3) is 1.00. The lowest BCUT2D eigenvalue weighted by molar-refractivity contribution is 0.102. The SMILES string of the molecule is CSCC(C)C1(O)CC1. The molecule has 9 heavy (non-hydrogen) atoms. The van der Waals surface area contributed by atoms with E-state index in [1.165, 1.54) is 0 Å². The van der Waals surface area contributed by atoms with Gasteiger partial charge in [-0.1, -0.05) is 6.92 Å². The van der Waals surface area contributed by atoms with Crippen molar-refractivity contribution in [1.82, 2.24) is 0 Å². The molecule has 0 aromatic carbocycles. The van der Waals surface area contributed by atoms with Crippen molar-refractivity contribution in [2.75, 3.05) is 12.0 Å². The third kappa shape index (κ3) is 1.62. The highest BCUT2D eigenvalue weighted by molar-refractivity contribution is 7.98. The molecule has 1 fully saturated rings. The lowest BCUT2D eigenvalue weighted by Crippen LogP contribution is -2.20. The zero-order chi connectivity index (χ0) is 6.91. The summed E-state index contributed by atoms with van der Waals surface area (Å²) in [4.78, 5) is 0. The maximum absolute atomic E-state index is 9.52. The molecule has 0 amide bonds. The minimum absolute atomic E-state index is 0.261. The summed E-state index contributed by atoms with van der Waals surface area (Å²) in [5.74, 6) is 1.59. The molecular weight excluding hydrogens is 132 g/mol. The van der Waals surface area contributed by atoms with E-state index in [0.29, 0.717) is 5.92 Å². The van der Waals surface area contributed by atoms with Crippen LogP contribution in [-0.2, 0) is 0 Å². The monoisotopic (exact) mass is 146 g/mol. The van der Waals surface area contributed by atoms with Crippen molar-refractivity contribution in [2.24, 2.45) is 5.92 Å². The highest BCUT2D eigenvalue weighted by Crippen LogP contribution is 2.42. The Balaban J connectivity index is 2.24. The van der Waals surface area contributed by atoms with Crippen molar-refractivity contribution in [3.63, 3.8) is 0 Å². The molecule has 0 spiro atoms. The number of thioether (sulfide) groups is 1. The van der Waals surface area contributed by atoms with E-state index < -0.39 is 0 Å². The van der Waals surface area contributed by atoms with E-state index in [1.807, 2.05) is 11.8 Å². The molecule has 0 aliphatic heterocycles. The van der Waals surface area contributed by atoms with Gasteiger partial charge in [0.05, 0.1) is 5.60 Å². The Hall–Kier alpha value is 0.310. The molecule has 1 saturated carbocycles. The molecule has 1 unspecified atom stereocenters. The van der Waals surface area contributed by atoms with Crippen LogP contribution < -0.4 is 0 Å². The van der Waals surface area contributed by atoms with Crippen LogP contribution >= 0.6 is 11.8 Å². The van der Waals surface area contributed by atoms with Crippen molar-refractivity contribution >= 4 is 11.8 Å². The van der Waals surface area contributed by atoms with Crippen molar-refractivity contribution < 1.29 is 5.11 Å². The van der Waals surface area contributed by atoms with Crippen LogP contribution in [0.3, 0.4) is 0 Å². The summed E-state index contributed by atoms with van der Waals surface area (Å²) in [6.45, 7) is 2.13. The molecule has 54 valence electrons. The number of rotatable bonds is 3. The Morgan fingerprint density at radius 3 is 2.56 bits per heavy atom. The summed E-state index contributed by atoms with van der Waals surface area (Å²) in [5, 5.41) is 9.52. The summed E-state index contributed by atoms with van der Waals surface area (Å²) in [6.07, 6.45) is 4.13. The van der Waals surface area contributed by atoms with Crippen LogP contribution in [-0.4, -0.2) is 22.7 Å². The maximum atomic E-state index is 9.52. The molecule has 1 rings (SSSR count). The van der Waals surface area contributed by atoms with Crippen molar-refractivity contribution in [1.29, 1.82) is 0 Å². The first-order chi connectivity index (χ1) is 4.19. The fourth-order valence-electron chi connectivity index (χ4n) is 1.03. The highest BCUT2D eigenvalue weighted by atomic mass is 32.2. The Morgan fingerprint density at radius 2 is 2.22 bits per heavy atom. The van der Waals surface area contributed by atoms with Gasteiger partial charge in [0.1, 0.15) is 0 Å². The average Bonchev–Trinajstić information content (AvgIpc) is 2.50. The quantitative estimate of drug-likeness (QED) is 0.651. The van der Waals surface area contributed by atoms with Gasteiger partial charge in [-0.05, 0) is 30.8 Å². The van der Waals surface area contributed by atoms with E-state index >= 15 is 0 Å². The molecule has 0 saturated heterocycles. The molecule has 0 heterocycles. The zero-order valence-corrected chi connectivity index (χ0v) is 6.87. The molecule has 1 aliphatic carbocycles. The Kier molecular flexibility index (Phi) is 2.07. The molecule has 0 radical (unpaired) electrons. The van der Waals surface area contributed by atoms with Crippen LogP contribution in [0.15, 0.2) is 0 Å². The molecule has 0 bridgehead atoms. The predicted molar refractivity (Wildman–Crippen MR) is 41.7 cm³/mol. The van der Waals surface area contributed by atoms with Crippen LogP contribution in [0.25, 0.3) is 0 Å². The lowest BCUT2D eigenvalue weighted by atomic mass is 10.1. The molecular formula is C7H14OS. The van der Waals surface area contributed by atoms with Gasteiger partial charge < -0.3 is 5.11 Å². The first-order valence-corrected chi connectivity index (χ1v) is 4.80. The second-order valence-corrected chi connectivity index (χ2v) is 3.87. The summed E-state index contributed by atoms with van der Waals surface area (Å²) in [7, 11) is 0. The summed E-state index contributed by atoms with van der Waals surface area (Å²) >= 11 is 1.82. The van der Waals surface area contributed by atoms with Crippen LogP contribution in [0.1, 0.15) is 19.8 Å². The van der Waals surface area contributed by atoms with Crippen LogP contribution in [0.5, 0.6) is 0 Å². The largest absolute Gasteiger partial charge is 0.390 e. The first kappa shape index (κ1) is 7.42. The van der Waals surface area contributed by atoms with Crippen LogP contribution in [0.4, 0.5) is 0 Å². The Labute approximate surface area is 60.8 Å². The molecule has 2 heteroatoms. The van der Waals surface area contributed by atoms with Gasteiger partial charge in [-0.15, -0.1) is 0 Å². The number of aliphatic hydroxyl groups is 1. The van der Waals surface area contributed by atoms with Crippen LogP contribution in [0.2, 0.25) is 0 Å². The second kappa shape index (κ2) is 2.51. The summed E-state index contributed by atoms with van der Waals surface area (Å²) in [5.41, 5.74) is -0.261. The topological polar surface area (TPSA) is 20.2 Å². The molecule has 1 aliphatic rings. The van der Waals surface area contributed by atoms with Gasteiger partial charge in [0.2, 0.25) is 0 Å². The maximum Gasteiger partial charge on any atom is 0.0683 e. The fourth-order valence-corrected chi connectivity index (χ4v) is 1.84. The van der Waals surface area contributed by atoms with Gasteiger partial charge in [-0.2, -0.15) is 11.8 Å². The highest BCUT2D eigenvalue weighted by Gasteiger charge is 2.44. The van der Waals surface area contributed by atoms with Gasteiger partial charge in [-0.3, -0.25) is 0 Å². The van der Waals surface area contributed by atoms with Gasteiger partial charge >= 0.3 is 0 Å². The van der Waals surface area contributed by atoms with E-state index in [2.05, 4.69) is 13.2 Å². The smallest absolute Gasteiger partial charge is 0.0683 e. The minimum Gasteiger partial charge on any atom is -0.390 e. The van der Waals surface area contributed by atoms with E-state index in [4.69, 9.17) is 0 Å². The molecule has 1 atom stereocenters. The lowest BCUT2D eigenvalue weighted by Gasteiger charge is -2.15. The molecule has 1 nitrogen and oxygen atoms in total. The zero-order valence-electron chi connectivity index (χ0n) is 6.05. The Bertz CT molecular complexity index is 99.1. The molecule has 0 aromatic heterocycles. The van der Waals surface area contributed by atoms with Gasteiger partial charge in [0.15, 0.2) is 0 Å². The second-order valence-electron chi connectivity index (χ2n) is 2.96. The minimum atomic E-state index is -0.261. The number of hydrogen-bond acceptors (Lipinski definition) is 2. The predicted octanol–water partition coefficient (Wildman–Crippen LogP) is 1.51. The van der Waals surface area contributed by atoms with Gasteiger partial charge in [0, 0.05) is 0 Å². The van der Waals surface area contributed by atoms with Crippen LogP contribution in [0, 0.1) is 5.92 Å². The van der Waals surface area contributed by atoms with Crippen molar-refractivity contribution in [2.45, 2.75) is 25.4 Å².